The van der Waals surface area contributed by atoms with Crippen molar-refractivity contribution in [3.63, 3.8) is 0 Å². The molecule has 1 aliphatic heterocycles. The molecule has 2 aromatic carbocycles. The van der Waals surface area contributed by atoms with E-state index in [0.717, 1.165) is 5.56 Å². The molecule has 9 heteroatoms. The minimum atomic E-state index is -0.896. The number of rotatable bonds is 5. The second kappa shape index (κ2) is 8.60. The molecule has 1 unspecified atom stereocenters. The zero-order valence-corrected chi connectivity index (χ0v) is 19.3. The number of Topliss-reactive ketones (excluding diaryl/α,β-unsaturated/α-hetero) is 1. The lowest BCUT2D eigenvalue weighted by Crippen LogP contribution is -2.30. The van der Waals surface area contributed by atoms with Gasteiger partial charge in [-0.3, -0.25) is 19.5 Å². The van der Waals surface area contributed by atoms with E-state index in [1.165, 1.54) is 31.5 Å². The molecule has 0 aliphatic carbocycles. The summed E-state index contributed by atoms with van der Waals surface area (Å²) in [6, 6.07) is 13.1. The first-order chi connectivity index (χ1) is 16.9. The molecule has 2 N–H and O–H groups in total. The zero-order chi connectivity index (χ0) is 24.7. The van der Waals surface area contributed by atoms with Gasteiger partial charge in [0.25, 0.3) is 5.78 Å². The van der Waals surface area contributed by atoms with Gasteiger partial charge in [0.05, 0.1) is 36.9 Å². The number of aliphatic hydroxyl groups excluding tert-OH is 1. The van der Waals surface area contributed by atoms with Crippen LogP contribution in [0.4, 0.5) is 5.95 Å². The Morgan fingerprint density at radius 2 is 1.74 bits per heavy atom. The number of hydrogen-bond donors (Lipinski definition) is 2. The number of methoxy groups -OCH3 is 2. The molecular weight excluding hydrogens is 448 g/mol. The number of carbonyl (C=O) groups is 2. The highest BCUT2D eigenvalue weighted by Gasteiger charge is 2.48. The number of amides is 1. The molecule has 176 valence electrons. The maximum Gasteiger partial charge on any atom is 0.302 e. The number of aromatic amines is 1. The highest BCUT2D eigenvalue weighted by atomic mass is 16.5. The summed E-state index contributed by atoms with van der Waals surface area (Å²) >= 11 is 0. The van der Waals surface area contributed by atoms with E-state index >= 15 is 0 Å². The Morgan fingerprint density at radius 3 is 2.43 bits per heavy atom. The standard InChI is InChI=1S/C26H22N4O5/c1-14-5-4-6-16(11-14)22-21(23(31)15-7-9-27-10-8-15)24(32)25(33)30(22)26-28-17-12-19(34-2)20(35-3)13-18(17)29-26/h4-13,22,31H,1-3H3,(H,28,29)/b23-21+. The number of aromatic nitrogens is 3. The van der Waals surface area contributed by atoms with Crippen molar-refractivity contribution in [2.24, 2.45) is 0 Å². The van der Waals surface area contributed by atoms with Crippen LogP contribution in [0.15, 0.2) is 66.5 Å². The summed E-state index contributed by atoms with van der Waals surface area (Å²) in [5.41, 5.74) is 3.08. The van der Waals surface area contributed by atoms with Gasteiger partial charge in [0.15, 0.2) is 11.5 Å². The van der Waals surface area contributed by atoms with Crippen molar-refractivity contribution in [3.8, 4) is 11.5 Å². The van der Waals surface area contributed by atoms with Crippen molar-refractivity contribution in [3.05, 3.63) is 83.2 Å². The number of carbonyl (C=O) groups excluding carboxylic acids is 2. The molecule has 1 amide bonds. The van der Waals surface area contributed by atoms with Gasteiger partial charge in [-0.05, 0) is 24.6 Å². The average Bonchev–Trinajstić information content (AvgIpc) is 3.40. The maximum absolute atomic E-state index is 13.4. The number of pyridine rings is 1. The summed E-state index contributed by atoms with van der Waals surface area (Å²) in [6.07, 6.45) is 3.01. The lowest BCUT2D eigenvalue weighted by molar-refractivity contribution is -0.132. The second-order valence-corrected chi connectivity index (χ2v) is 8.10. The van der Waals surface area contributed by atoms with Gasteiger partial charge >= 0.3 is 5.91 Å². The van der Waals surface area contributed by atoms with Crippen LogP contribution in [0.2, 0.25) is 0 Å². The Morgan fingerprint density at radius 1 is 1.03 bits per heavy atom. The Balaban J connectivity index is 1.73. The minimum absolute atomic E-state index is 0.0255. The Kier molecular flexibility index (Phi) is 5.44. The first-order valence-electron chi connectivity index (χ1n) is 10.8. The van der Waals surface area contributed by atoms with Gasteiger partial charge in [-0.2, -0.15) is 0 Å². The predicted octanol–water partition coefficient (Wildman–Crippen LogP) is 3.91. The van der Waals surface area contributed by atoms with Gasteiger partial charge in [0.2, 0.25) is 5.95 Å². The third-order valence-corrected chi connectivity index (χ3v) is 5.96. The van der Waals surface area contributed by atoms with Crippen LogP contribution in [0.1, 0.15) is 22.7 Å². The van der Waals surface area contributed by atoms with E-state index in [-0.39, 0.29) is 17.3 Å². The molecule has 9 nitrogen and oxygen atoms in total. The monoisotopic (exact) mass is 470 g/mol. The molecule has 3 heterocycles. The van der Waals surface area contributed by atoms with Gasteiger partial charge in [-0.25, -0.2) is 4.98 Å². The normalized spacial score (nSPS) is 17.2. The smallest absolute Gasteiger partial charge is 0.302 e. The first-order valence-corrected chi connectivity index (χ1v) is 10.8. The number of nitrogens with zero attached hydrogens (tertiary/aromatic N) is 3. The number of benzene rings is 2. The molecule has 0 bridgehead atoms. The Bertz CT molecular complexity index is 1450. The fourth-order valence-corrected chi connectivity index (χ4v) is 4.31. The largest absolute Gasteiger partial charge is 0.507 e. The quantitative estimate of drug-likeness (QED) is 0.258. The van der Waals surface area contributed by atoms with E-state index in [4.69, 9.17) is 9.47 Å². The number of H-pyrrole nitrogens is 1. The van der Waals surface area contributed by atoms with Crippen LogP contribution in [-0.2, 0) is 9.59 Å². The summed E-state index contributed by atoms with van der Waals surface area (Å²) in [5.74, 6) is -0.748. The molecule has 1 atom stereocenters. The van der Waals surface area contributed by atoms with Crippen LogP contribution in [-0.4, -0.2) is 46.0 Å². The van der Waals surface area contributed by atoms with Crippen LogP contribution < -0.4 is 14.4 Å². The molecule has 0 spiro atoms. The van der Waals surface area contributed by atoms with Crippen LogP contribution in [0.5, 0.6) is 11.5 Å². The number of ketones is 1. The van der Waals surface area contributed by atoms with E-state index in [9.17, 15) is 14.7 Å². The third kappa shape index (κ3) is 3.67. The number of imidazole rings is 1. The molecule has 0 saturated carbocycles. The number of nitrogens with one attached hydrogen (secondary N) is 1. The summed E-state index contributed by atoms with van der Waals surface area (Å²) < 4.78 is 10.7. The number of ether oxygens (including phenoxy) is 2. The van der Waals surface area contributed by atoms with Crippen LogP contribution in [0.3, 0.4) is 0 Å². The topological polar surface area (TPSA) is 118 Å². The fraction of sp³-hybridized carbons (Fsp3) is 0.154. The molecule has 0 radical (unpaired) electrons. The minimum Gasteiger partial charge on any atom is -0.507 e. The molecule has 4 aromatic rings. The van der Waals surface area contributed by atoms with Gasteiger partial charge in [-0.1, -0.05) is 29.8 Å². The number of hydrogen-bond acceptors (Lipinski definition) is 7. The SMILES string of the molecule is COc1cc2nc(N3C(=O)C(=O)/C(=C(/O)c4ccncc4)C3c3cccc(C)c3)[nH]c2cc1OC. The number of aliphatic hydroxyl groups is 1. The highest BCUT2D eigenvalue weighted by Crippen LogP contribution is 2.42. The van der Waals surface area contributed by atoms with Crippen molar-refractivity contribution in [1.82, 2.24) is 15.0 Å². The Hall–Kier alpha value is -4.66. The molecular formula is C26H22N4O5. The predicted molar refractivity (Wildman–Crippen MR) is 129 cm³/mol. The lowest BCUT2D eigenvalue weighted by atomic mass is 9.95. The van der Waals surface area contributed by atoms with Gasteiger partial charge in [-0.15, -0.1) is 0 Å². The fourth-order valence-electron chi connectivity index (χ4n) is 4.31. The number of anilines is 1. The number of fused-ring (bicyclic) bond motifs is 1. The van der Waals surface area contributed by atoms with Crippen molar-refractivity contribution >= 4 is 34.4 Å². The van der Waals surface area contributed by atoms with Crippen molar-refractivity contribution < 1.29 is 24.2 Å². The van der Waals surface area contributed by atoms with Crippen LogP contribution in [0, 0.1) is 6.92 Å². The lowest BCUT2D eigenvalue weighted by Gasteiger charge is -2.23. The average molecular weight is 470 g/mol. The van der Waals surface area contributed by atoms with Gasteiger partial charge in [0.1, 0.15) is 5.76 Å². The maximum atomic E-state index is 13.4. The van der Waals surface area contributed by atoms with E-state index < -0.39 is 17.7 Å². The van der Waals surface area contributed by atoms with Crippen molar-refractivity contribution in [2.45, 2.75) is 13.0 Å². The van der Waals surface area contributed by atoms with Crippen LogP contribution >= 0.6 is 0 Å². The van der Waals surface area contributed by atoms with E-state index in [0.29, 0.717) is 33.7 Å². The van der Waals surface area contributed by atoms with Crippen molar-refractivity contribution in [1.29, 1.82) is 0 Å². The van der Waals surface area contributed by atoms with E-state index in [1.54, 1.807) is 24.3 Å². The highest BCUT2D eigenvalue weighted by molar-refractivity contribution is 6.51. The van der Waals surface area contributed by atoms with E-state index in [1.807, 2.05) is 31.2 Å². The summed E-state index contributed by atoms with van der Waals surface area (Å²) in [6.45, 7) is 1.91. The summed E-state index contributed by atoms with van der Waals surface area (Å²) in [4.78, 5) is 39.6. The zero-order valence-electron chi connectivity index (χ0n) is 19.3. The van der Waals surface area contributed by atoms with E-state index in [2.05, 4.69) is 15.0 Å². The molecule has 1 saturated heterocycles. The third-order valence-electron chi connectivity index (χ3n) is 5.96. The molecule has 35 heavy (non-hydrogen) atoms. The molecule has 1 fully saturated rings. The number of aryl methyl sites for hydroxylation is 1. The van der Waals surface area contributed by atoms with Gasteiger partial charge < -0.3 is 19.6 Å². The Labute approximate surface area is 200 Å². The first kappa shape index (κ1) is 22.1. The summed E-state index contributed by atoms with van der Waals surface area (Å²) in [7, 11) is 3.04. The second-order valence-electron chi connectivity index (χ2n) is 8.10. The molecule has 1 aliphatic rings. The molecule has 2 aromatic heterocycles. The molecule has 5 rings (SSSR count). The van der Waals surface area contributed by atoms with Gasteiger partial charge in [0, 0.05) is 30.1 Å². The summed E-state index contributed by atoms with van der Waals surface area (Å²) in [5, 5.41) is 11.1. The van der Waals surface area contributed by atoms with Crippen LogP contribution in [0.25, 0.3) is 16.8 Å². The van der Waals surface area contributed by atoms with Crippen molar-refractivity contribution in [2.75, 3.05) is 19.1 Å².